The fourth-order valence-corrected chi connectivity index (χ4v) is 1.76. The fraction of sp³-hybridized carbons (Fsp3) is 0.462. The highest BCUT2D eigenvalue weighted by atomic mass is 19.1. The normalized spacial score (nSPS) is 15.2. The minimum Gasteiger partial charge on any atom is -0.467 e. The van der Waals surface area contributed by atoms with Gasteiger partial charge in [-0.25, -0.2) is 9.18 Å². The van der Waals surface area contributed by atoms with E-state index in [1.807, 2.05) is 13.0 Å². The van der Waals surface area contributed by atoms with Crippen LogP contribution in [-0.4, -0.2) is 18.7 Å². The first-order valence-electron chi connectivity index (χ1n) is 5.37. The molecular weight excluding hydrogens is 221 g/mol. The van der Waals surface area contributed by atoms with E-state index in [-0.39, 0.29) is 0 Å². The van der Waals surface area contributed by atoms with Crippen LogP contribution in [0.3, 0.4) is 0 Å². The molecule has 1 unspecified atom stereocenters. The molecule has 3 nitrogen and oxygen atoms in total. The summed E-state index contributed by atoms with van der Waals surface area (Å²) in [5.74, 6) is -0.782. The van der Waals surface area contributed by atoms with Crippen LogP contribution in [0.2, 0.25) is 0 Å². The number of benzene rings is 1. The summed E-state index contributed by atoms with van der Waals surface area (Å²) in [5, 5.41) is 0. The predicted molar refractivity (Wildman–Crippen MR) is 64.2 cm³/mol. The summed E-state index contributed by atoms with van der Waals surface area (Å²) in [5.41, 5.74) is 3.57. The quantitative estimate of drug-likeness (QED) is 0.821. The van der Waals surface area contributed by atoms with E-state index in [1.54, 1.807) is 18.2 Å². The molecule has 1 atom stereocenters. The van der Waals surface area contributed by atoms with E-state index in [0.717, 1.165) is 5.56 Å². The monoisotopic (exact) mass is 239 g/mol. The number of carbonyl (C=O) groups excluding carboxylic acids is 1. The van der Waals surface area contributed by atoms with Gasteiger partial charge in [-0.1, -0.05) is 29.8 Å². The Balaban J connectivity index is 3.40. The second kappa shape index (κ2) is 4.45. The summed E-state index contributed by atoms with van der Waals surface area (Å²) in [6, 6.07) is 6.91. The molecule has 0 aromatic heterocycles. The lowest BCUT2D eigenvalue weighted by atomic mass is 9.78. The zero-order valence-electron chi connectivity index (χ0n) is 10.6. The topological polar surface area (TPSA) is 52.3 Å². The van der Waals surface area contributed by atoms with Crippen molar-refractivity contribution >= 4 is 5.97 Å². The third-order valence-corrected chi connectivity index (χ3v) is 2.92. The number of methoxy groups -OCH3 is 1. The van der Waals surface area contributed by atoms with Crippen LogP contribution in [0.4, 0.5) is 4.39 Å². The Morgan fingerprint density at radius 3 is 2.41 bits per heavy atom. The molecule has 0 heterocycles. The van der Waals surface area contributed by atoms with Crippen molar-refractivity contribution in [3.05, 3.63) is 35.4 Å². The van der Waals surface area contributed by atoms with Crippen LogP contribution >= 0.6 is 0 Å². The lowest BCUT2D eigenvalue weighted by molar-refractivity contribution is -0.153. The number of esters is 1. The van der Waals surface area contributed by atoms with Gasteiger partial charge in [-0.3, -0.25) is 0 Å². The lowest BCUT2D eigenvalue weighted by Crippen LogP contribution is -2.58. The molecule has 0 aliphatic heterocycles. The maximum atomic E-state index is 14.3. The first-order chi connectivity index (χ1) is 7.73. The number of hydrogen-bond donors (Lipinski definition) is 1. The molecule has 0 aliphatic rings. The molecule has 1 aromatic rings. The fourth-order valence-electron chi connectivity index (χ4n) is 1.76. The standard InChI is InChI=1S/C13H18FNO2/c1-9-6-5-7-10(8-9)13(15,11(16)17-4)12(2,3)14/h5-8H,15H2,1-4H3. The first kappa shape index (κ1) is 13.6. The highest BCUT2D eigenvalue weighted by Crippen LogP contribution is 2.35. The van der Waals surface area contributed by atoms with E-state index in [9.17, 15) is 9.18 Å². The van der Waals surface area contributed by atoms with Gasteiger partial charge in [0.25, 0.3) is 0 Å². The third-order valence-electron chi connectivity index (χ3n) is 2.92. The predicted octanol–water partition coefficient (Wildman–Crippen LogP) is 2.07. The Labute approximate surface area is 101 Å². The van der Waals surface area contributed by atoms with Gasteiger partial charge < -0.3 is 10.5 Å². The van der Waals surface area contributed by atoms with Gasteiger partial charge >= 0.3 is 5.97 Å². The van der Waals surface area contributed by atoms with Crippen molar-refractivity contribution in [1.82, 2.24) is 0 Å². The van der Waals surface area contributed by atoms with Crippen molar-refractivity contribution in [2.24, 2.45) is 5.73 Å². The van der Waals surface area contributed by atoms with Crippen molar-refractivity contribution in [3.63, 3.8) is 0 Å². The summed E-state index contributed by atoms with van der Waals surface area (Å²) in [6.45, 7) is 4.39. The Morgan fingerprint density at radius 1 is 1.41 bits per heavy atom. The van der Waals surface area contributed by atoms with Crippen molar-refractivity contribution in [3.8, 4) is 0 Å². The molecule has 1 aromatic carbocycles. The number of aryl methyl sites for hydroxylation is 1. The maximum absolute atomic E-state index is 14.3. The second-order valence-electron chi connectivity index (χ2n) is 4.64. The van der Waals surface area contributed by atoms with Gasteiger partial charge in [0.05, 0.1) is 7.11 Å². The van der Waals surface area contributed by atoms with E-state index in [0.29, 0.717) is 5.56 Å². The van der Waals surface area contributed by atoms with E-state index in [2.05, 4.69) is 4.74 Å². The molecule has 0 fully saturated rings. The van der Waals surface area contributed by atoms with Gasteiger partial charge in [0, 0.05) is 0 Å². The number of hydrogen-bond acceptors (Lipinski definition) is 3. The molecule has 1 rings (SSSR count). The summed E-state index contributed by atoms with van der Waals surface area (Å²) in [7, 11) is 1.20. The van der Waals surface area contributed by atoms with Crippen LogP contribution < -0.4 is 5.73 Å². The zero-order valence-corrected chi connectivity index (χ0v) is 10.6. The molecule has 0 bridgehead atoms. The van der Waals surface area contributed by atoms with Crippen LogP contribution in [0.15, 0.2) is 24.3 Å². The molecule has 0 saturated carbocycles. The van der Waals surface area contributed by atoms with Gasteiger partial charge in [-0.15, -0.1) is 0 Å². The molecule has 0 aliphatic carbocycles. The SMILES string of the molecule is COC(=O)C(N)(c1cccc(C)c1)C(C)(C)F. The summed E-state index contributed by atoms with van der Waals surface area (Å²) in [6.07, 6.45) is 0. The average molecular weight is 239 g/mol. The minimum atomic E-state index is -1.92. The van der Waals surface area contributed by atoms with Crippen LogP contribution in [0.1, 0.15) is 25.0 Å². The number of nitrogens with two attached hydrogens (primary N) is 1. The summed E-state index contributed by atoms with van der Waals surface area (Å²) in [4.78, 5) is 11.8. The number of carbonyl (C=O) groups is 1. The molecule has 4 heteroatoms. The van der Waals surface area contributed by atoms with Gasteiger partial charge in [0.1, 0.15) is 5.67 Å². The smallest absolute Gasteiger partial charge is 0.333 e. The molecule has 94 valence electrons. The molecule has 17 heavy (non-hydrogen) atoms. The molecule has 0 saturated heterocycles. The Kier molecular flexibility index (Phi) is 3.57. The first-order valence-corrected chi connectivity index (χ1v) is 5.37. The summed E-state index contributed by atoms with van der Waals surface area (Å²) < 4.78 is 18.9. The Bertz CT molecular complexity index is 426. The molecule has 2 N–H and O–H groups in total. The van der Waals surface area contributed by atoms with Crippen LogP contribution in [0.25, 0.3) is 0 Å². The van der Waals surface area contributed by atoms with Crippen molar-refractivity contribution in [1.29, 1.82) is 0 Å². The molecule has 0 radical (unpaired) electrons. The van der Waals surface area contributed by atoms with Crippen LogP contribution in [0, 0.1) is 6.92 Å². The van der Waals surface area contributed by atoms with E-state index >= 15 is 0 Å². The third kappa shape index (κ3) is 2.31. The molecule has 0 amide bonds. The van der Waals surface area contributed by atoms with Crippen molar-refractivity contribution in [2.75, 3.05) is 7.11 Å². The van der Waals surface area contributed by atoms with E-state index in [4.69, 9.17) is 5.73 Å². The number of ether oxygens (including phenoxy) is 1. The summed E-state index contributed by atoms with van der Waals surface area (Å²) >= 11 is 0. The van der Waals surface area contributed by atoms with Crippen LogP contribution in [-0.2, 0) is 15.1 Å². The minimum absolute atomic E-state index is 0.414. The lowest BCUT2D eigenvalue weighted by Gasteiger charge is -2.35. The highest BCUT2D eigenvalue weighted by molar-refractivity contribution is 5.84. The van der Waals surface area contributed by atoms with Gasteiger partial charge in [0.15, 0.2) is 5.54 Å². The molecule has 0 spiro atoms. The zero-order chi connectivity index (χ0) is 13.3. The number of rotatable bonds is 3. The second-order valence-corrected chi connectivity index (χ2v) is 4.64. The Hall–Kier alpha value is -1.42. The molecular formula is C13H18FNO2. The number of alkyl halides is 1. The van der Waals surface area contributed by atoms with E-state index < -0.39 is 17.2 Å². The Morgan fingerprint density at radius 2 is 2.00 bits per heavy atom. The van der Waals surface area contributed by atoms with E-state index in [1.165, 1.54) is 21.0 Å². The van der Waals surface area contributed by atoms with Gasteiger partial charge in [-0.2, -0.15) is 0 Å². The average Bonchev–Trinajstić information content (AvgIpc) is 2.25. The highest BCUT2D eigenvalue weighted by Gasteiger charge is 2.51. The number of halogens is 1. The van der Waals surface area contributed by atoms with Crippen molar-refractivity contribution < 1.29 is 13.9 Å². The van der Waals surface area contributed by atoms with Gasteiger partial charge in [0.2, 0.25) is 0 Å². The van der Waals surface area contributed by atoms with Crippen LogP contribution in [0.5, 0.6) is 0 Å². The van der Waals surface area contributed by atoms with Gasteiger partial charge in [-0.05, 0) is 26.3 Å². The maximum Gasteiger partial charge on any atom is 0.333 e. The largest absolute Gasteiger partial charge is 0.467 e. The van der Waals surface area contributed by atoms with Crippen molar-refractivity contribution in [2.45, 2.75) is 32.0 Å².